The summed E-state index contributed by atoms with van der Waals surface area (Å²) in [6.07, 6.45) is 3.16. The molecule has 1 aliphatic rings. The molecule has 1 heterocycles. The van der Waals surface area contributed by atoms with Crippen LogP contribution >= 0.6 is 0 Å². The molecule has 3 nitrogen and oxygen atoms in total. The van der Waals surface area contributed by atoms with Gasteiger partial charge in [0, 0.05) is 6.54 Å². The Bertz CT molecular complexity index is 293. The monoisotopic (exact) mass is 255 g/mol. The number of nitrogens with zero attached hydrogens (tertiary/aromatic N) is 1. The van der Waals surface area contributed by atoms with Crippen molar-refractivity contribution in [3.63, 3.8) is 0 Å². The Balaban J connectivity index is 2.47. The zero-order valence-corrected chi connectivity index (χ0v) is 12.6. The predicted molar refractivity (Wildman–Crippen MR) is 74.7 cm³/mol. The second kappa shape index (κ2) is 5.60. The molecule has 0 spiro atoms. The van der Waals surface area contributed by atoms with Gasteiger partial charge in [0.2, 0.25) is 0 Å². The van der Waals surface area contributed by atoms with Crippen LogP contribution in [0.2, 0.25) is 0 Å². The smallest absolute Gasteiger partial charge is 0.311 e. The predicted octanol–water partition coefficient (Wildman–Crippen LogP) is 3.25. The molecule has 1 saturated heterocycles. The molecule has 0 aromatic heterocycles. The Morgan fingerprint density at radius 3 is 2.39 bits per heavy atom. The van der Waals surface area contributed by atoms with E-state index in [1.165, 1.54) is 6.42 Å². The molecule has 18 heavy (non-hydrogen) atoms. The highest BCUT2D eigenvalue weighted by atomic mass is 16.4. The maximum absolute atomic E-state index is 11.5. The Labute approximate surface area is 112 Å². The molecule has 1 aliphatic heterocycles. The summed E-state index contributed by atoms with van der Waals surface area (Å²) in [5, 5.41) is 9.48. The van der Waals surface area contributed by atoms with Crippen LogP contribution in [0.3, 0.4) is 0 Å². The molecule has 1 fully saturated rings. The fourth-order valence-corrected chi connectivity index (χ4v) is 2.83. The Kier molecular flexibility index (Phi) is 4.82. The van der Waals surface area contributed by atoms with Crippen LogP contribution < -0.4 is 0 Å². The van der Waals surface area contributed by atoms with Crippen LogP contribution in [0, 0.1) is 16.7 Å². The lowest BCUT2D eigenvalue weighted by Crippen LogP contribution is -2.39. The summed E-state index contributed by atoms with van der Waals surface area (Å²) >= 11 is 0. The molecule has 1 unspecified atom stereocenters. The third-order valence-electron chi connectivity index (χ3n) is 4.31. The van der Waals surface area contributed by atoms with Gasteiger partial charge in [-0.25, -0.2) is 0 Å². The highest BCUT2D eigenvalue weighted by Crippen LogP contribution is 2.38. The minimum absolute atomic E-state index is 0.211. The first-order valence-corrected chi connectivity index (χ1v) is 7.13. The van der Waals surface area contributed by atoms with Gasteiger partial charge in [0.15, 0.2) is 0 Å². The zero-order chi connectivity index (χ0) is 14.0. The van der Waals surface area contributed by atoms with Gasteiger partial charge in [-0.2, -0.15) is 0 Å². The highest BCUT2D eigenvalue weighted by Gasteiger charge is 2.46. The summed E-state index contributed by atoms with van der Waals surface area (Å²) in [4.78, 5) is 13.9. The van der Waals surface area contributed by atoms with Gasteiger partial charge >= 0.3 is 5.97 Å². The largest absolute Gasteiger partial charge is 0.481 e. The van der Waals surface area contributed by atoms with Gasteiger partial charge in [-0.1, -0.05) is 34.6 Å². The van der Waals surface area contributed by atoms with E-state index in [2.05, 4.69) is 25.7 Å². The minimum Gasteiger partial charge on any atom is -0.481 e. The molecule has 1 N–H and O–H groups in total. The van der Waals surface area contributed by atoms with Crippen LogP contribution in [0.4, 0.5) is 0 Å². The van der Waals surface area contributed by atoms with Crippen LogP contribution in [-0.2, 0) is 4.79 Å². The van der Waals surface area contributed by atoms with Crippen molar-refractivity contribution in [3.05, 3.63) is 0 Å². The molecule has 106 valence electrons. The number of carbonyl (C=O) groups is 1. The first-order valence-electron chi connectivity index (χ1n) is 7.13. The molecule has 1 atom stereocenters. The molecule has 0 bridgehead atoms. The van der Waals surface area contributed by atoms with E-state index in [0.717, 1.165) is 32.5 Å². The molecular formula is C15H29NO2. The number of hydrogen-bond acceptors (Lipinski definition) is 2. The number of aliphatic carboxylic acids is 1. The number of likely N-dealkylation sites (tertiary alicyclic amines) is 1. The Hall–Kier alpha value is -0.570. The van der Waals surface area contributed by atoms with Gasteiger partial charge < -0.3 is 10.0 Å². The van der Waals surface area contributed by atoms with Gasteiger partial charge in [0.25, 0.3) is 0 Å². The van der Waals surface area contributed by atoms with Crippen LogP contribution in [0.5, 0.6) is 0 Å². The van der Waals surface area contributed by atoms with E-state index in [9.17, 15) is 9.90 Å². The third kappa shape index (κ3) is 3.71. The van der Waals surface area contributed by atoms with Gasteiger partial charge in [0.1, 0.15) is 0 Å². The fraction of sp³-hybridized carbons (Fsp3) is 0.933. The summed E-state index contributed by atoms with van der Waals surface area (Å²) in [6, 6.07) is 0. The van der Waals surface area contributed by atoms with Crippen molar-refractivity contribution in [1.82, 2.24) is 4.90 Å². The second-order valence-electron chi connectivity index (χ2n) is 7.31. The molecule has 0 radical (unpaired) electrons. The number of carboxylic acids is 1. The van der Waals surface area contributed by atoms with E-state index in [0.29, 0.717) is 5.41 Å². The lowest BCUT2D eigenvalue weighted by molar-refractivity contribution is -0.151. The Morgan fingerprint density at radius 1 is 1.39 bits per heavy atom. The maximum Gasteiger partial charge on any atom is 0.311 e. The van der Waals surface area contributed by atoms with E-state index >= 15 is 0 Å². The minimum atomic E-state index is -0.615. The van der Waals surface area contributed by atoms with Crippen LogP contribution in [0.15, 0.2) is 0 Å². The normalized spacial score (nSPS) is 25.9. The number of hydrogen-bond donors (Lipinski definition) is 1. The lowest BCUT2D eigenvalue weighted by Gasteiger charge is -2.29. The van der Waals surface area contributed by atoms with Crippen molar-refractivity contribution >= 4 is 5.97 Å². The average Bonchev–Trinajstić information content (AvgIpc) is 2.61. The zero-order valence-electron chi connectivity index (χ0n) is 12.6. The summed E-state index contributed by atoms with van der Waals surface area (Å²) < 4.78 is 0. The quantitative estimate of drug-likeness (QED) is 0.820. The summed E-state index contributed by atoms with van der Waals surface area (Å²) in [5.41, 5.74) is -0.136. The lowest BCUT2D eigenvalue weighted by atomic mass is 9.76. The van der Waals surface area contributed by atoms with Crippen LogP contribution in [-0.4, -0.2) is 35.6 Å². The van der Waals surface area contributed by atoms with E-state index in [-0.39, 0.29) is 5.92 Å². The molecule has 0 aromatic rings. The van der Waals surface area contributed by atoms with Crippen molar-refractivity contribution < 1.29 is 9.90 Å². The van der Waals surface area contributed by atoms with Gasteiger partial charge in [-0.05, 0) is 43.7 Å². The maximum atomic E-state index is 11.5. The fourth-order valence-electron chi connectivity index (χ4n) is 2.83. The summed E-state index contributed by atoms with van der Waals surface area (Å²) in [7, 11) is 0. The molecule has 0 saturated carbocycles. The first-order chi connectivity index (χ1) is 8.17. The molecule has 0 amide bonds. The van der Waals surface area contributed by atoms with E-state index < -0.39 is 11.4 Å². The van der Waals surface area contributed by atoms with Gasteiger partial charge in [-0.15, -0.1) is 0 Å². The Morgan fingerprint density at radius 2 is 2.00 bits per heavy atom. The van der Waals surface area contributed by atoms with Crippen molar-refractivity contribution in [2.75, 3.05) is 19.6 Å². The van der Waals surface area contributed by atoms with E-state index in [4.69, 9.17) is 0 Å². The SMILES string of the molecule is CC(C)C1(C(=O)O)CCN(CCCC(C)(C)C)C1. The standard InChI is InChI=1S/C15H29NO2/c1-12(2)15(13(17)18)8-10-16(11-15)9-6-7-14(3,4)5/h12H,6-11H2,1-5H3,(H,17,18). The first kappa shape index (κ1) is 15.5. The van der Waals surface area contributed by atoms with E-state index in [1.807, 2.05) is 13.8 Å². The third-order valence-corrected chi connectivity index (χ3v) is 4.31. The summed E-state index contributed by atoms with van der Waals surface area (Å²) in [5.74, 6) is -0.404. The molecular weight excluding hydrogens is 226 g/mol. The van der Waals surface area contributed by atoms with Crippen molar-refractivity contribution in [1.29, 1.82) is 0 Å². The van der Waals surface area contributed by atoms with Crippen LogP contribution in [0.1, 0.15) is 53.9 Å². The number of rotatable bonds is 5. The van der Waals surface area contributed by atoms with E-state index in [1.54, 1.807) is 0 Å². The van der Waals surface area contributed by atoms with Crippen molar-refractivity contribution in [2.24, 2.45) is 16.7 Å². The molecule has 0 aliphatic carbocycles. The number of carboxylic acid groups (broad SMARTS) is 1. The topological polar surface area (TPSA) is 40.5 Å². The van der Waals surface area contributed by atoms with Crippen molar-refractivity contribution in [3.8, 4) is 0 Å². The second-order valence-corrected chi connectivity index (χ2v) is 7.31. The summed E-state index contributed by atoms with van der Waals surface area (Å²) in [6.45, 7) is 13.5. The molecule has 1 rings (SSSR count). The van der Waals surface area contributed by atoms with Gasteiger partial charge in [0.05, 0.1) is 5.41 Å². The molecule has 0 aromatic carbocycles. The van der Waals surface area contributed by atoms with Gasteiger partial charge in [-0.3, -0.25) is 4.79 Å². The van der Waals surface area contributed by atoms with Crippen molar-refractivity contribution in [2.45, 2.75) is 53.9 Å². The average molecular weight is 255 g/mol. The highest BCUT2D eigenvalue weighted by molar-refractivity contribution is 5.75. The van der Waals surface area contributed by atoms with Crippen LogP contribution in [0.25, 0.3) is 0 Å². The molecule has 3 heteroatoms.